The largest absolute Gasteiger partial charge is 0.310 e. The minimum atomic E-state index is -0.332. The smallest absolute Gasteiger partial charge is 0.273 e. The van der Waals surface area contributed by atoms with Gasteiger partial charge in [-0.1, -0.05) is 31.5 Å². The summed E-state index contributed by atoms with van der Waals surface area (Å²) < 4.78 is 0. The lowest BCUT2D eigenvalue weighted by Gasteiger charge is -2.12. The molecule has 0 heterocycles. The van der Waals surface area contributed by atoms with Gasteiger partial charge in [-0.2, -0.15) is 0 Å². The summed E-state index contributed by atoms with van der Waals surface area (Å²) in [6.07, 6.45) is 2.20. The van der Waals surface area contributed by atoms with Gasteiger partial charge in [0.15, 0.2) is 0 Å². The number of nitrogens with one attached hydrogen (secondary N) is 1. The number of rotatable bonds is 6. The van der Waals surface area contributed by atoms with E-state index in [1.165, 1.54) is 0 Å². The zero-order valence-electron chi connectivity index (χ0n) is 9.77. The first kappa shape index (κ1) is 12.6. The molecule has 0 radical (unpaired) electrons. The number of nitro groups is 1. The van der Waals surface area contributed by atoms with Crippen LogP contribution in [0.5, 0.6) is 0 Å². The average Bonchev–Trinajstić information content (AvgIpc) is 2.27. The quantitative estimate of drug-likeness (QED) is 0.594. The van der Waals surface area contributed by atoms with E-state index in [4.69, 9.17) is 0 Å². The van der Waals surface area contributed by atoms with Gasteiger partial charge in [0.1, 0.15) is 0 Å². The van der Waals surface area contributed by atoms with Crippen molar-refractivity contribution in [2.24, 2.45) is 0 Å². The van der Waals surface area contributed by atoms with Crippen molar-refractivity contribution < 1.29 is 4.92 Å². The summed E-state index contributed by atoms with van der Waals surface area (Å²) >= 11 is 0. The van der Waals surface area contributed by atoms with E-state index in [2.05, 4.69) is 19.2 Å². The molecule has 1 N–H and O–H groups in total. The highest BCUT2D eigenvalue weighted by molar-refractivity contribution is 5.39. The van der Waals surface area contributed by atoms with Crippen molar-refractivity contribution in [3.05, 3.63) is 39.9 Å². The maximum Gasteiger partial charge on any atom is 0.273 e. The first-order valence-electron chi connectivity index (χ1n) is 5.60. The van der Waals surface area contributed by atoms with Crippen LogP contribution in [0, 0.1) is 10.1 Å². The van der Waals surface area contributed by atoms with E-state index in [1.54, 1.807) is 18.2 Å². The number of hydrogen-bond donors (Lipinski definition) is 1. The van der Waals surface area contributed by atoms with E-state index in [9.17, 15) is 10.1 Å². The average molecular weight is 222 g/mol. The molecule has 1 aromatic carbocycles. The molecule has 0 amide bonds. The molecular formula is C12H18N2O2. The van der Waals surface area contributed by atoms with Gasteiger partial charge in [0.05, 0.1) is 4.92 Å². The maximum absolute atomic E-state index is 10.8. The van der Waals surface area contributed by atoms with Crippen LogP contribution in [0.15, 0.2) is 24.3 Å². The zero-order chi connectivity index (χ0) is 12.0. The molecular weight excluding hydrogens is 204 g/mol. The van der Waals surface area contributed by atoms with Gasteiger partial charge >= 0.3 is 0 Å². The summed E-state index contributed by atoms with van der Waals surface area (Å²) in [5.41, 5.74) is 0.939. The fourth-order valence-corrected chi connectivity index (χ4v) is 1.66. The van der Waals surface area contributed by atoms with Crippen molar-refractivity contribution in [3.8, 4) is 0 Å². The third kappa shape index (κ3) is 3.62. The van der Waals surface area contributed by atoms with Crippen LogP contribution in [0.1, 0.15) is 32.3 Å². The van der Waals surface area contributed by atoms with Crippen molar-refractivity contribution in [3.63, 3.8) is 0 Å². The lowest BCUT2D eigenvalue weighted by atomic mass is 10.1. The Labute approximate surface area is 95.8 Å². The predicted molar refractivity (Wildman–Crippen MR) is 64.3 cm³/mol. The molecule has 4 heteroatoms. The van der Waals surface area contributed by atoms with Crippen LogP contribution in [0.2, 0.25) is 0 Å². The van der Waals surface area contributed by atoms with Gasteiger partial charge < -0.3 is 5.32 Å². The standard InChI is InChI=1S/C12H18N2O2/c1-3-6-10(2)13-9-11-7-4-5-8-12(11)14(15)16/h4-5,7-8,10,13H,3,6,9H2,1-2H3. The molecule has 0 aliphatic carbocycles. The Morgan fingerprint density at radius 1 is 1.44 bits per heavy atom. The van der Waals surface area contributed by atoms with E-state index in [-0.39, 0.29) is 10.6 Å². The lowest BCUT2D eigenvalue weighted by molar-refractivity contribution is -0.385. The van der Waals surface area contributed by atoms with Crippen LogP contribution >= 0.6 is 0 Å². The van der Waals surface area contributed by atoms with Crippen LogP contribution in [0.25, 0.3) is 0 Å². The molecule has 0 aliphatic rings. The van der Waals surface area contributed by atoms with Crippen molar-refractivity contribution in [1.29, 1.82) is 0 Å². The van der Waals surface area contributed by atoms with Gasteiger partial charge in [0, 0.05) is 24.2 Å². The number of benzene rings is 1. The third-order valence-corrected chi connectivity index (χ3v) is 2.55. The Kier molecular flexibility index (Phi) is 4.92. The molecule has 1 atom stereocenters. The van der Waals surface area contributed by atoms with Crippen LogP contribution < -0.4 is 5.32 Å². The first-order valence-corrected chi connectivity index (χ1v) is 5.60. The second-order valence-electron chi connectivity index (χ2n) is 3.96. The fraction of sp³-hybridized carbons (Fsp3) is 0.500. The second-order valence-corrected chi connectivity index (χ2v) is 3.96. The van der Waals surface area contributed by atoms with E-state index in [1.807, 2.05) is 6.07 Å². The van der Waals surface area contributed by atoms with Gasteiger partial charge in [-0.3, -0.25) is 10.1 Å². The molecule has 16 heavy (non-hydrogen) atoms. The van der Waals surface area contributed by atoms with Gasteiger partial charge in [0.25, 0.3) is 5.69 Å². The Morgan fingerprint density at radius 2 is 2.12 bits per heavy atom. The van der Waals surface area contributed by atoms with E-state index >= 15 is 0 Å². The monoisotopic (exact) mass is 222 g/mol. The molecule has 0 spiro atoms. The highest BCUT2D eigenvalue weighted by Gasteiger charge is 2.12. The Balaban J connectivity index is 2.63. The molecule has 0 saturated heterocycles. The fourth-order valence-electron chi connectivity index (χ4n) is 1.66. The zero-order valence-corrected chi connectivity index (χ0v) is 9.77. The summed E-state index contributed by atoms with van der Waals surface area (Å²) in [5, 5.41) is 14.1. The molecule has 1 unspecified atom stereocenters. The number of para-hydroxylation sites is 1. The number of nitro benzene ring substituents is 1. The second kappa shape index (κ2) is 6.23. The first-order chi connectivity index (χ1) is 7.65. The molecule has 1 rings (SSSR count). The van der Waals surface area contributed by atoms with E-state index in [0.717, 1.165) is 18.4 Å². The minimum absolute atomic E-state index is 0.193. The molecule has 0 aliphatic heterocycles. The van der Waals surface area contributed by atoms with Crippen LogP contribution in [-0.4, -0.2) is 11.0 Å². The third-order valence-electron chi connectivity index (χ3n) is 2.55. The van der Waals surface area contributed by atoms with Gasteiger partial charge in [-0.15, -0.1) is 0 Å². The lowest BCUT2D eigenvalue weighted by Crippen LogP contribution is -2.25. The van der Waals surface area contributed by atoms with Crippen LogP contribution in [0.3, 0.4) is 0 Å². The van der Waals surface area contributed by atoms with Crippen LogP contribution in [0.4, 0.5) is 5.69 Å². The molecule has 0 saturated carbocycles. The molecule has 0 fully saturated rings. The van der Waals surface area contributed by atoms with Crippen molar-refractivity contribution in [1.82, 2.24) is 5.32 Å². The predicted octanol–water partition coefficient (Wildman–Crippen LogP) is 2.87. The Bertz CT molecular complexity index is 353. The molecule has 1 aromatic rings. The van der Waals surface area contributed by atoms with Gasteiger partial charge in [-0.25, -0.2) is 0 Å². The molecule has 4 nitrogen and oxygen atoms in total. The van der Waals surface area contributed by atoms with Crippen molar-refractivity contribution in [2.75, 3.05) is 0 Å². The Morgan fingerprint density at radius 3 is 2.75 bits per heavy atom. The normalized spacial score (nSPS) is 12.4. The highest BCUT2D eigenvalue weighted by atomic mass is 16.6. The summed E-state index contributed by atoms with van der Waals surface area (Å²) in [4.78, 5) is 10.4. The highest BCUT2D eigenvalue weighted by Crippen LogP contribution is 2.17. The number of hydrogen-bond acceptors (Lipinski definition) is 3. The van der Waals surface area contributed by atoms with Gasteiger partial charge in [-0.05, 0) is 13.3 Å². The Hall–Kier alpha value is -1.42. The molecule has 0 bridgehead atoms. The molecule has 88 valence electrons. The summed E-state index contributed by atoms with van der Waals surface area (Å²) in [6.45, 7) is 4.78. The van der Waals surface area contributed by atoms with Crippen molar-refractivity contribution >= 4 is 5.69 Å². The SMILES string of the molecule is CCCC(C)NCc1ccccc1[N+](=O)[O-]. The minimum Gasteiger partial charge on any atom is -0.310 e. The molecule has 0 aromatic heterocycles. The number of nitrogens with zero attached hydrogens (tertiary/aromatic N) is 1. The summed E-state index contributed by atoms with van der Waals surface area (Å²) in [5.74, 6) is 0. The van der Waals surface area contributed by atoms with Gasteiger partial charge in [0.2, 0.25) is 0 Å². The van der Waals surface area contributed by atoms with E-state index < -0.39 is 0 Å². The summed E-state index contributed by atoms with van der Waals surface area (Å²) in [6, 6.07) is 7.25. The maximum atomic E-state index is 10.8. The summed E-state index contributed by atoms with van der Waals surface area (Å²) in [7, 11) is 0. The topological polar surface area (TPSA) is 55.2 Å². The van der Waals surface area contributed by atoms with Crippen LogP contribution in [-0.2, 0) is 6.54 Å². The van der Waals surface area contributed by atoms with E-state index in [0.29, 0.717) is 12.6 Å². The van der Waals surface area contributed by atoms with Crippen molar-refractivity contribution in [2.45, 2.75) is 39.3 Å².